The minimum atomic E-state index is -0.559. The molecule has 0 radical (unpaired) electrons. The number of nitrogens with zero attached hydrogens (tertiary/aromatic N) is 1. The summed E-state index contributed by atoms with van der Waals surface area (Å²) >= 11 is 5.88. The highest BCUT2D eigenvalue weighted by Crippen LogP contribution is 2.27. The molecule has 0 aromatic heterocycles. The highest BCUT2D eigenvalue weighted by atomic mass is 35.5. The van der Waals surface area contributed by atoms with Crippen molar-refractivity contribution in [3.05, 3.63) is 70.8 Å². The van der Waals surface area contributed by atoms with E-state index in [1.54, 1.807) is 29.2 Å². The first kappa shape index (κ1) is 16.3. The minimum absolute atomic E-state index is 0.218. The molecule has 3 rings (SSSR count). The lowest BCUT2D eigenvalue weighted by molar-refractivity contribution is -0.142. The molecule has 1 aliphatic heterocycles. The molecule has 5 heteroatoms. The Morgan fingerprint density at radius 1 is 1.17 bits per heavy atom. The van der Waals surface area contributed by atoms with E-state index in [1.807, 2.05) is 30.3 Å². The van der Waals surface area contributed by atoms with Gasteiger partial charge >= 0.3 is 5.97 Å². The highest BCUT2D eigenvalue weighted by Gasteiger charge is 2.24. The van der Waals surface area contributed by atoms with E-state index >= 15 is 0 Å². The molecule has 0 bridgehead atoms. The van der Waals surface area contributed by atoms with Gasteiger partial charge in [-0.05, 0) is 41.8 Å². The largest absolute Gasteiger partial charge is 0.452 e. The zero-order chi connectivity index (χ0) is 16.9. The van der Waals surface area contributed by atoms with Gasteiger partial charge in [0.05, 0.1) is 0 Å². The SMILES string of the molecule is O=C(/C=C/c1cccc(Cl)c1)OCC(=O)N1CCc2ccccc21. The molecule has 1 heterocycles. The Hall–Kier alpha value is -2.59. The molecule has 0 fully saturated rings. The summed E-state index contributed by atoms with van der Waals surface area (Å²) in [4.78, 5) is 25.6. The molecule has 1 amide bonds. The molecule has 0 unspecified atom stereocenters. The number of para-hydroxylation sites is 1. The van der Waals surface area contributed by atoms with Crippen molar-refractivity contribution in [1.82, 2.24) is 0 Å². The zero-order valence-electron chi connectivity index (χ0n) is 12.9. The molecule has 0 atom stereocenters. The topological polar surface area (TPSA) is 46.6 Å². The molecule has 0 saturated heterocycles. The Labute approximate surface area is 145 Å². The number of benzene rings is 2. The average Bonchev–Trinajstić information content (AvgIpc) is 3.02. The number of carbonyl (C=O) groups is 2. The van der Waals surface area contributed by atoms with Crippen molar-refractivity contribution in [1.29, 1.82) is 0 Å². The maximum Gasteiger partial charge on any atom is 0.331 e. The molecule has 122 valence electrons. The number of esters is 1. The number of hydrogen-bond acceptors (Lipinski definition) is 3. The number of halogens is 1. The molecular formula is C19H16ClNO3. The van der Waals surface area contributed by atoms with Gasteiger partial charge in [-0.2, -0.15) is 0 Å². The van der Waals surface area contributed by atoms with Gasteiger partial charge in [0.25, 0.3) is 5.91 Å². The summed E-state index contributed by atoms with van der Waals surface area (Å²) in [6, 6.07) is 14.9. The molecule has 2 aromatic rings. The van der Waals surface area contributed by atoms with Gasteiger partial charge in [0.2, 0.25) is 0 Å². The fourth-order valence-corrected chi connectivity index (χ4v) is 2.83. The molecule has 0 N–H and O–H groups in total. The van der Waals surface area contributed by atoms with Crippen molar-refractivity contribution < 1.29 is 14.3 Å². The summed E-state index contributed by atoms with van der Waals surface area (Å²) in [6.07, 6.45) is 3.71. The Kier molecular flexibility index (Phi) is 4.96. The van der Waals surface area contributed by atoms with E-state index in [0.29, 0.717) is 11.6 Å². The third-order valence-electron chi connectivity index (χ3n) is 3.79. The number of ether oxygens (including phenoxy) is 1. The molecule has 2 aromatic carbocycles. The number of amides is 1. The molecule has 0 spiro atoms. The van der Waals surface area contributed by atoms with Gasteiger partial charge in [-0.25, -0.2) is 4.79 Å². The standard InChI is InChI=1S/C19H16ClNO3/c20-16-6-3-4-14(12-16)8-9-19(23)24-13-18(22)21-11-10-15-5-1-2-7-17(15)21/h1-9,12H,10-11,13H2/b9-8+. The first-order valence-electron chi connectivity index (χ1n) is 7.62. The van der Waals surface area contributed by atoms with Crippen LogP contribution < -0.4 is 4.90 Å². The van der Waals surface area contributed by atoms with Gasteiger partial charge in [-0.15, -0.1) is 0 Å². The van der Waals surface area contributed by atoms with Gasteiger partial charge in [-0.1, -0.05) is 41.9 Å². The summed E-state index contributed by atoms with van der Waals surface area (Å²) in [5.41, 5.74) is 2.82. The van der Waals surface area contributed by atoms with Gasteiger partial charge in [-0.3, -0.25) is 4.79 Å². The van der Waals surface area contributed by atoms with Crippen molar-refractivity contribution in [2.75, 3.05) is 18.1 Å². The number of fused-ring (bicyclic) bond motifs is 1. The lowest BCUT2D eigenvalue weighted by Crippen LogP contribution is -2.33. The third kappa shape index (κ3) is 3.84. The van der Waals surface area contributed by atoms with Crippen LogP contribution in [0.5, 0.6) is 0 Å². The molecule has 1 aliphatic rings. The Bertz CT molecular complexity index is 801. The van der Waals surface area contributed by atoms with Crippen molar-refractivity contribution in [2.24, 2.45) is 0 Å². The van der Waals surface area contributed by atoms with E-state index in [-0.39, 0.29) is 12.5 Å². The van der Waals surface area contributed by atoms with Crippen LogP contribution in [0.2, 0.25) is 5.02 Å². The molecular weight excluding hydrogens is 326 g/mol. The molecule has 24 heavy (non-hydrogen) atoms. The lowest BCUT2D eigenvalue weighted by Gasteiger charge is -2.16. The maximum atomic E-state index is 12.2. The first-order valence-corrected chi connectivity index (χ1v) is 8.00. The van der Waals surface area contributed by atoms with Gasteiger partial charge in [0.15, 0.2) is 6.61 Å². The first-order chi connectivity index (χ1) is 11.6. The van der Waals surface area contributed by atoms with E-state index in [0.717, 1.165) is 23.2 Å². The Balaban J connectivity index is 1.54. The smallest absolute Gasteiger partial charge is 0.331 e. The number of rotatable bonds is 4. The zero-order valence-corrected chi connectivity index (χ0v) is 13.7. The second kappa shape index (κ2) is 7.32. The quantitative estimate of drug-likeness (QED) is 0.631. The van der Waals surface area contributed by atoms with Crippen LogP contribution in [0.25, 0.3) is 6.08 Å². The van der Waals surface area contributed by atoms with Crippen LogP contribution in [0.4, 0.5) is 5.69 Å². The average molecular weight is 342 g/mol. The monoisotopic (exact) mass is 341 g/mol. The van der Waals surface area contributed by atoms with Crippen LogP contribution in [-0.2, 0) is 20.7 Å². The van der Waals surface area contributed by atoms with Crippen molar-refractivity contribution in [3.63, 3.8) is 0 Å². The van der Waals surface area contributed by atoms with E-state index in [4.69, 9.17) is 16.3 Å². The highest BCUT2D eigenvalue weighted by molar-refractivity contribution is 6.30. The summed E-state index contributed by atoms with van der Waals surface area (Å²) in [5, 5.41) is 0.591. The number of hydrogen-bond donors (Lipinski definition) is 0. The fourth-order valence-electron chi connectivity index (χ4n) is 2.63. The van der Waals surface area contributed by atoms with E-state index in [2.05, 4.69) is 0 Å². The Morgan fingerprint density at radius 3 is 2.83 bits per heavy atom. The second-order valence-electron chi connectivity index (χ2n) is 5.42. The van der Waals surface area contributed by atoms with E-state index in [9.17, 15) is 9.59 Å². The van der Waals surface area contributed by atoms with Crippen LogP contribution >= 0.6 is 11.6 Å². The van der Waals surface area contributed by atoms with Crippen LogP contribution in [0, 0.1) is 0 Å². The predicted octanol–water partition coefficient (Wildman–Crippen LogP) is 3.49. The number of anilines is 1. The van der Waals surface area contributed by atoms with E-state index < -0.39 is 5.97 Å². The molecule has 0 saturated carbocycles. The second-order valence-corrected chi connectivity index (χ2v) is 5.86. The molecule has 0 aliphatic carbocycles. The minimum Gasteiger partial charge on any atom is -0.452 e. The van der Waals surface area contributed by atoms with Crippen LogP contribution in [0.1, 0.15) is 11.1 Å². The van der Waals surface area contributed by atoms with E-state index in [1.165, 1.54) is 6.08 Å². The third-order valence-corrected chi connectivity index (χ3v) is 4.02. The summed E-state index contributed by atoms with van der Waals surface area (Å²) < 4.78 is 5.03. The summed E-state index contributed by atoms with van der Waals surface area (Å²) in [6.45, 7) is 0.348. The van der Waals surface area contributed by atoms with Crippen molar-refractivity contribution in [3.8, 4) is 0 Å². The lowest BCUT2D eigenvalue weighted by atomic mass is 10.2. The summed E-state index contributed by atoms with van der Waals surface area (Å²) in [5.74, 6) is -0.778. The van der Waals surface area contributed by atoms with Gasteiger partial charge in [0, 0.05) is 23.3 Å². The van der Waals surface area contributed by atoms with Gasteiger partial charge in [0.1, 0.15) is 0 Å². The number of carbonyl (C=O) groups excluding carboxylic acids is 2. The predicted molar refractivity (Wildman–Crippen MR) is 93.9 cm³/mol. The van der Waals surface area contributed by atoms with Crippen LogP contribution in [0.3, 0.4) is 0 Å². The van der Waals surface area contributed by atoms with Crippen molar-refractivity contribution >= 4 is 35.2 Å². The van der Waals surface area contributed by atoms with Crippen LogP contribution in [0.15, 0.2) is 54.6 Å². The van der Waals surface area contributed by atoms with Gasteiger partial charge < -0.3 is 9.64 Å². The molecule has 4 nitrogen and oxygen atoms in total. The summed E-state index contributed by atoms with van der Waals surface area (Å²) in [7, 11) is 0. The maximum absolute atomic E-state index is 12.2. The fraction of sp³-hybridized carbons (Fsp3) is 0.158. The Morgan fingerprint density at radius 2 is 2.00 bits per heavy atom. The van der Waals surface area contributed by atoms with Crippen molar-refractivity contribution in [2.45, 2.75) is 6.42 Å². The van der Waals surface area contributed by atoms with Crippen LogP contribution in [-0.4, -0.2) is 25.0 Å². The normalized spacial score (nSPS) is 13.1.